The quantitative estimate of drug-likeness (QED) is 0.787. The van der Waals surface area contributed by atoms with Gasteiger partial charge in [-0.3, -0.25) is 9.59 Å². The number of hydrogen-bond donors (Lipinski definition) is 2. The van der Waals surface area contributed by atoms with Crippen LogP contribution in [0, 0.1) is 17.8 Å². The Balaban J connectivity index is 1.87. The van der Waals surface area contributed by atoms with Crippen LogP contribution in [0.1, 0.15) is 32.1 Å². The number of hydrogen-bond acceptors (Lipinski definition) is 2. The number of alkyl halides is 3. The number of carboxylic acid groups (broad SMARTS) is 1. The lowest BCUT2D eigenvalue weighted by molar-refractivity contribution is -0.186. The molecule has 4 nitrogen and oxygen atoms in total. The van der Waals surface area contributed by atoms with Crippen molar-refractivity contribution in [2.75, 3.05) is 0 Å². The summed E-state index contributed by atoms with van der Waals surface area (Å²) >= 11 is 0. The minimum Gasteiger partial charge on any atom is -0.481 e. The van der Waals surface area contributed by atoms with E-state index in [9.17, 15) is 22.8 Å². The molecular formula is C14H18F3NO3. The van der Waals surface area contributed by atoms with Crippen LogP contribution in [0.5, 0.6) is 0 Å². The Hall–Kier alpha value is -1.53. The molecule has 0 heterocycles. The van der Waals surface area contributed by atoms with E-state index in [2.05, 4.69) is 5.32 Å². The lowest BCUT2D eigenvalue weighted by Gasteiger charge is -2.30. The molecule has 2 N–H and O–H groups in total. The first-order valence-electron chi connectivity index (χ1n) is 7.05. The van der Waals surface area contributed by atoms with Gasteiger partial charge in [0.2, 0.25) is 5.91 Å². The van der Waals surface area contributed by atoms with Gasteiger partial charge in [0.15, 0.2) is 0 Å². The first kappa shape index (κ1) is 15.9. The zero-order chi connectivity index (χ0) is 15.6. The van der Waals surface area contributed by atoms with E-state index in [4.69, 9.17) is 5.11 Å². The van der Waals surface area contributed by atoms with E-state index in [-0.39, 0.29) is 19.3 Å². The van der Waals surface area contributed by atoms with Crippen molar-refractivity contribution in [3.63, 3.8) is 0 Å². The first-order chi connectivity index (χ1) is 9.77. The molecule has 0 aromatic heterocycles. The first-order valence-corrected chi connectivity index (χ1v) is 7.05. The number of nitrogens with one attached hydrogen (secondary N) is 1. The molecule has 7 heteroatoms. The summed E-state index contributed by atoms with van der Waals surface area (Å²) in [4.78, 5) is 22.8. The van der Waals surface area contributed by atoms with Crippen molar-refractivity contribution in [3.8, 4) is 0 Å². The molecular weight excluding hydrogens is 287 g/mol. The van der Waals surface area contributed by atoms with E-state index in [1.54, 1.807) is 6.08 Å². The summed E-state index contributed by atoms with van der Waals surface area (Å²) in [6.45, 7) is 0. The van der Waals surface area contributed by atoms with Gasteiger partial charge in [0, 0.05) is 12.0 Å². The van der Waals surface area contributed by atoms with Crippen LogP contribution in [-0.4, -0.2) is 29.2 Å². The van der Waals surface area contributed by atoms with Gasteiger partial charge in [0.1, 0.15) is 0 Å². The van der Waals surface area contributed by atoms with E-state index in [1.807, 2.05) is 0 Å². The highest BCUT2D eigenvalue weighted by atomic mass is 19.4. The molecule has 0 aromatic carbocycles. The van der Waals surface area contributed by atoms with Crippen molar-refractivity contribution in [3.05, 3.63) is 12.2 Å². The van der Waals surface area contributed by atoms with Gasteiger partial charge in [-0.05, 0) is 25.7 Å². The number of carbonyl (C=O) groups is 2. The van der Waals surface area contributed by atoms with Crippen molar-refractivity contribution < 1.29 is 27.9 Å². The zero-order valence-electron chi connectivity index (χ0n) is 11.4. The third kappa shape index (κ3) is 3.98. The molecule has 1 fully saturated rings. The Morgan fingerprint density at radius 3 is 2.43 bits per heavy atom. The molecule has 2 rings (SSSR count). The Labute approximate surface area is 120 Å². The minimum atomic E-state index is -4.25. The predicted molar refractivity (Wildman–Crippen MR) is 68.3 cm³/mol. The second-order valence-corrected chi connectivity index (χ2v) is 5.78. The molecule has 0 aromatic rings. The summed E-state index contributed by atoms with van der Waals surface area (Å²) in [5.74, 6) is -4.04. The highest BCUT2D eigenvalue weighted by Gasteiger charge is 2.43. The van der Waals surface area contributed by atoms with Gasteiger partial charge in [-0.25, -0.2) is 0 Å². The van der Waals surface area contributed by atoms with Gasteiger partial charge < -0.3 is 10.4 Å². The SMILES string of the molecule is O=C(O)C1C=CC(NC(=O)C2CCCC(C(F)(F)F)C2)C1. The molecule has 0 saturated heterocycles. The van der Waals surface area contributed by atoms with E-state index >= 15 is 0 Å². The molecule has 1 amide bonds. The van der Waals surface area contributed by atoms with Crippen LogP contribution in [0.25, 0.3) is 0 Å². The van der Waals surface area contributed by atoms with Crippen LogP contribution in [0.3, 0.4) is 0 Å². The van der Waals surface area contributed by atoms with Gasteiger partial charge in [0.25, 0.3) is 0 Å². The summed E-state index contributed by atoms with van der Waals surface area (Å²) in [5, 5.41) is 11.5. The van der Waals surface area contributed by atoms with Crippen LogP contribution in [0.15, 0.2) is 12.2 Å². The fraction of sp³-hybridized carbons (Fsp3) is 0.714. The molecule has 0 spiro atoms. The van der Waals surface area contributed by atoms with Gasteiger partial charge in [-0.2, -0.15) is 13.2 Å². The summed E-state index contributed by atoms with van der Waals surface area (Å²) < 4.78 is 38.1. The predicted octanol–water partition coefficient (Wildman–Crippen LogP) is 2.50. The normalized spacial score (nSPS) is 32.9. The fourth-order valence-electron chi connectivity index (χ4n) is 3.01. The highest BCUT2D eigenvalue weighted by molar-refractivity contribution is 5.80. The highest BCUT2D eigenvalue weighted by Crippen LogP contribution is 2.40. The van der Waals surface area contributed by atoms with Crippen LogP contribution >= 0.6 is 0 Å². The smallest absolute Gasteiger partial charge is 0.391 e. The minimum absolute atomic E-state index is 0.0811. The van der Waals surface area contributed by atoms with Crippen LogP contribution in [0.2, 0.25) is 0 Å². The second-order valence-electron chi connectivity index (χ2n) is 5.78. The van der Waals surface area contributed by atoms with Crippen molar-refractivity contribution in [2.24, 2.45) is 17.8 Å². The third-order valence-electron chi connectivity index (χ3n) is 4.24. The number of amides is 1. The van der Waals surface area contributed by atoms with Gasteiger partial charge in [-0.15, -0.1) is 0 Å². The molecule has 0 radical (unpaired) electrons. The van der Waals surface area contributed by atoms with Gasteiger partial charge in [0.05, 0.1) is 11.8 Å². The van der Waals surface area contributed by atoms with Crippen molar-refractivity contribution in [1.29, 1.82) is 0 Å². The van der Waals surface area contributed by atoms with E-state index in [1.165, 1.54) is 6.08 Å². The molecule has 1 saturated carbocycles. The van der Waals surface area contributed by atoms with Crippen molar-refractivity contribution >= 4 is 11.9 Å². The molecule has 21 heavy (non-hydrogen) atoms. The summed E-state index contributed by atoms with van der Waals surface area (Å²) in [6.07, 6.45) is -0.131. The Bertz CT molecular complexity index is 447. The molecule has 2 aliphatic rings. The Kier molecular flexibility index (Phi) is 4.58. The maximum Gasteiger partial charge on any atom is 0.391 e. The van der Waals surface area contributed by atoms with Crippen LogP contribution in [0.4, 0.5) is 13.2 Å². The Morgan fingerprint density at radius 2 is 1.86 bits per heavy atom. The zero-order valence-corrected chi connectivity index (χ0v) is 11.4. The lowest BCUT2D eigenvalue weighted by Crippen LogP contribution is -2.41. The average molecular weight is 305 g/mol. The van der Waals surface area contributed by atoms with E-state index in [0.717, 1.165) is 0 Å². The molecule has 4 unspecified atom stereocenters. The maximum atomic E-state index is 12.7. The Morgan fingerprint density at radius 1 is 1.14 bits per heavy atom. The molecule has 118 valence electrons. The average Bonchev–Trinajstić information content (AvgIpc) is 2.86. The third-order valence-corrected chi connectivity index (χ3v) is 4.24. The van der Waals surface area contributed by atoms with E-state index < -0.39 is 41.8 Å². The monoisotopic (exact) mass is 305 g/mol. The number of carboxylic acids is 1. The summed E-state index contributed by atoms with van der Waals surface area (Å²) in [7, 11) is 0. The lowest BCUT2D eigenvalue weighted by atomic mass is 9.80. The second kappa shape index (κ2) is 6.07. The number of aliphatic carboxylic acids is 1. The molecule has 4 atom stereocenters. The summed E-state index contributed by atoms with van der Waals surface area (Å²) in [5.41, 5.74) is 0. The number of carbonyl (C=O) groups excluding carboxylic acids is 1. The van der Waals surface area contributed by atoms with Crippen LogP contribution < -0.4 is 5.32 Å². The van der Waals surface area contributed by atoms with Gasteiger partial charge >= 0.3 is 12.1 Å². The standard InChI is InChI=1S/C14H18F3NO3/c15-14(16,17)10-3-1-2-8(6-10)12(19)18-11-5-4-9(7-11)13(20)21/h4-5,8-11H,1-3,6-7H2,(H,18,19)(H,20,21). The van der Waals surface area contributed by atoms with Crippen molar-refractivity contribution in [2.45, 2.75) is 44.3 Å². The van der Waals surface area contributed by atoms with E-state index in [0.29, 0.717) is 12.8 Å². The number of rotatable bonds is 3. The topological polar surface area (TPSA) is 66.4 Å². The maximum absolute atomic E-state index is 12.7. The summed E-state index contributed by atoms with van der Waals surface area (Å²) in [6, 6.07) is -0.398. The molecule has 0 aliphatic heterocycles. The van der Waals surface area contributed by atoms with Gasteiger partial charge in [-0.1, -0.05) is 18.6 Å². The largest absolute Gasteiger partial charge is 0.481 e. The molecule has 0 bridgehead atoms. The number of halogens is 3. The molecule has 2 aliphatic carbocycles. The van der Waals surface area contributed by atoms with Crippen molar-refractivity contribution in [1.82, 2.24) is 5.32 Å². The fourth-order valence-corrected chi connectivity index (χ4v) is 3.01. The van der Waals surface area contributed by atoms with Crippen LogP contribution in [-0.2, 0) is 9.59 Å².